The Morgan fingerprint density at radius 2 is 2.05 bits per heavy atom. The number of sulfonamides is 1. The van der Waals surface area contributed by atoms with Gasteiger partial charge in [0.25, 0.3) is 10.0 Å². The normalized spacial score (nSPS) is 11.3. The largest absolute Gasteiger partial charge is 0.495 e. The van der Waals surface area contributed by atoms with Crippen molar-refractivity contribution in [1.82, 2.24) is 9.78 Å². The number of nitrogens with zero attached hydrogens (tertiary/aromatic N) is 2. The first-order valence-corrected chi connectivity index (χ1v) is 7.66. The average Bonchev–Trinajstić information content (AvgIpc) is 2.81. The molecule has 108 valence electrons. The molecule has 0 aliphatic rings. The maximum absolute atomic E-state index is 12.4. The van der Waals surface area contributed by atoms with Crippen LogP contribution in [0, 0.1) is 6.92 Å². The maximum Gasteiger partial charge on any atom is 0.265 e. The Hall–Kier alpha value is -2.02. The summed E-state index contributed by atoms with van der Waals surface area (Å²) >= 11 is 0. The lowest BCUT2D eigenvalue weighted by Gasteiger charge is -2.10. The Kier molecular flexibility index (Phi) is 3.99. The van der Waals surface area contributed by atoms with Gasteiger partial charge < -0.3 is 4.74 Å². The third-order valence-corrected chi connectivity index (χ3v) is 4.33. The van der Waals surface area contributed by atoms with Gasteiger partial charge in [-0.2, -0.15) is 5.10 Å². The molecule has 2 rings (SSSR count). The number of ether oxygens (including phenoxy) is 1. The topological polar surface area (TPSA) is 73.2 Å². The van der Waals surface area contributed by atoms with Crippen molar-refractivity contribution in [3.63, 3.8) is 0 Å². The van der Waals surface area contributed by atoms with Crippen LogP contribution in [0.25, 0.3) is 0 Å². The predicted octanol–water partition coefficient (Wildman–Crippen LogP) is 2.02. The fourth-order valence-electron chi connectivity index (χ4n) is 1.85. The molecule has 0 aliphatic carbocycles. The number of anilines is 1. The van der Waals surface area contributed by atoms with Crippen molar-refractivity contribution in [3.05, 3.63) is 36.2 Å². The molecule has 1 aromatic heterocycles. The van der Waals surface area contributed by atoms with Gasteiger partial charge in [0.1, 0.15) is 10.6 Å². The van der Waals surface area contributed by atoms with Crippen LogP contribution in [-0.2, 0) is 16.6 Å². The minimum absolute atomic E-state index is 0.172. The quantitative estimate of drug-likeness (QED) is 0.916. The molecule has 0 unspecified atom stereocenters. The van der Waals surface area contributed by atoms with Crippen molar-refractivity contribution < 1.29 is 13.2 Å². The number of rotatable bonds is 5. The molecule has 0 amide bonds. The molecule has 0 atom stereocenters. The van der Waals surface area contributed by atoms with E-state index in [0.717, 1.165) is 0 Å². The fraction of sp³-hybridized carbons (Fsp3) is 0.308. The first kappa shape index (κ1) is 14.4. The zero-order valence-electron chi connectivity index (χ0n) is 11.6. The summed E-state index contributed by atoms with van der Waals surface area (Å²) in [6.07, 6.45) is 1.52. The van der Waals surface area contributed by atoms with Crippen LogP contribution < -0.4 is 9.46 Å². The number of para-hydroxylation sites is 2. The Bertz CT molecular complexity index is 707. The lowest BCUT2D eigenvalue weighted by atomic mass is 10.3. The summed E-state index contributed by atoms with van der Waals surface area (Å²) < 4.78 is 34.1. The molecular formula is C13H17N3O3S. The van der Waals surface area contributed by atoms with Gasteiger partial charge in [0.2, 0.25) is 0 Å². The summed E-state index contributed by atoms with van der Waals surface area (Å²) in [6.45, 7) is 4.18. The Labute approximate surface area is 118 Å². The van der Waals surface area contributed by atoms with E-state index in [-0.39, 0.29) is 4.90 Å². The van der Waals surface area contributed by atoms with Crippen molar-refractivity contribution in [2.75, 3.05) is 11.8 Å². The van der Waals surface area contributed by atoms with Gasteiger partial charge >= 0.3 is 0 Å². The number of hydrogen-bond donors (Lipinski definition) is 1. The Morgan fingerprint density at radius 3 is 2.65 bits per heavy atom. The van der Waals surface area contributed by atoms with Crippen LogP contribution in [0.3, 0.4) is 0 Å². The van der Waals surface area contributed by atoms with E-state index in [1.165, 1.54) is 13.3 Å². The van der Waals surface area contributed by atoms with E-state index in [2.05, 4.69) is 9.82 Å². The van der Waals surface area contributed by atoms with Crippen LogP contribution in [0.2, 0.25) is 0 Å². The zero-order valence-corrected chi connectivity index (χ0v) is 12.4. The van der Waals surface area contributed by atoms with Crippen LogP contribution in [0.5, 0.6) is 5.75 Å². The molecule has 6 nitrogen and oxygen atoms in total. The minimum Gasteiger partial charge on any atom is -0.495 e. The molecular weight excluding hydrogens is 278 g/mol. The molecule has 1 heterocycles. The number of benzene rings is 1. The Morgan fingerprint density at radius 1 is 1.35 bits per heavy atom. The van der Waals surface area contributed by atoms with Crippen molar-refractivity contribution in [2.45, 2.75) is 25.3 Å². The van der Waals surface area contributed by atoms with Gasteiger partial charge in [0, 0.05) is 12.7 Å². The molecule has 0 bridgehead atoms. The highest BCUT2D eigenvalue weighted by Crippen LogP contribution is 2.26. The maximum atomic E-state index is 12.4. The molecule has 0 fully saturated rings. The Balaban J connectivity index is 2.38. The summed E-state index contributed by atoms with van der Waals surface area (Å²) in [5.74, 6) is 0.469. The molecule has 0 spiro atoms. The van der Waals surface area contributed by atoms with E-state index in [4.69, 9.17) is 4.74 Å². The molecule has 0 aliphatic heterocycles. The van der Waals surface area contributed by atoms with Crippen LogP contribution in [0.1, 0.15) is 12.6 Å². The summed E-state index contributed by atoms with van der Waals surface area (Å²) in [6, 6.07) is 6.86. The molecule has 2 aromatic rings. The van der Waals surface area contributed by atoms with Crippen molar-refractivity contribution in [2.24, 2.45) is 0 Å². The van der Waals surface area contributed by atoms with Gasteiger partial charge in [0.05, 0.1) is 18.5 Å². The van der Waals surface area contributed by atoms with E-state index in [0.29, 0.717) is 23.7 Å². The van der Waals surface area contributed by atoms with Crippen molar-refractivity contribution in [3.8, 4) is 5.75 Å². The SMILES string of the molecule is CCn1cc(S(=O)(=O)Nc2ccccc2OC)c(C)n1. The molecule has 0 saturated heterocycles. The lowest BCUT2D eigenvalue weighted by Crippen LogP contribution is -2.14. The fourth-order valence-corrected chi connectivity index (χ4v) is 3.11. The van der Waals surface area contributed by atoms with Gasteiger partial charge in [-0.1, -0.05) is 12.1 Å². The highest BCUT2D eigenvalue weighted by atomic mass is 32.2. The van der Waals surface area contributed by atoms with E-state index in [1.807, 2.05) is 6.92 Å². The van der Waals surface area contributed by atoms with Crippen molar-refractivity contribution in [1.29, 1.82) is 0 Å². The molecule has 0 saturated carbocycles. The summed E-state index contributed by atoms with van der Waals surface area (Å²) in [5.41, 5.74) is 0.868. The van der Waals surface area contributed by atoms with Gasteiger partial charge in [-0.15, -0.1) is 0 Å². The van der Waals surface area contributed by atoms with E-state index < -0.39 is 10.0 Å². The van der Waals surface area contributed by atoms with Gasteiger partial charge in [0.15, 0.2) is 0 Å². The van der Waals surface area contributed by atoms with Crippen LogP contribution in [0.4, 0.5) is 5.69 Å². The molecule has 0 radical (unpaired) electrons. The second kappa shape index (κ2) is 5.54. The number of nitrogens with one attached hydrogen (secondary N) is 1. The minimum atomic E-state index is -3.68. The first-order chi connectivity index (χ1) is 9.47. The van der Waals surface area contributed by atoms with Gasteiger partial charge in [-0.25, -0.2) is 8.42 Å². The first-order valence-electron chi connectivity index (χ1n) is 6.18. The van der Waals surface area contributed by atoms with Crippen LogP contribution >= 0.6 is 0 Å². The van der Waals surface area contributed by atoms with E-state index in [1.54, 1.807) is 35.9 Å². The summed E-state index contributed by atoms with van der Waals surface area (Å²) in [4.78, 5) is 0.172. The second-order valence-corrected chi connectivity index (χ2v) is 5.89. The summed E-state index contributed by atoms with van der Waals surface area (Å²) in [5, 5.41) is 4.15. The second-order valence-electron chi connectivity index (χ2n) is 4.24. The number of aromatic nitrogens is 2. The standard InChI is InChI=1S/C13H17N3O3S/c1-4-16-9-13(10(2)14-16)20(17,18)15-11-7-5-6-8-12(11)19-3/h5-9,15H,4H2,1-3H3. The zero-order chi connectivity index (χ0) is 14.8. The van der Waals surface area contributed by atoms with Crippen LogP contribution in [0.15, 0.2) is 35.4 Å². The smallest absolute Gasteiger partial charge is 0.265 e. The predicted molar refractivity (Wildman–Crippen MR) is 76.4 cm³/mol. The van der Waals surface area contributed by atoms with Crippen molar-refractivity contribution >= 4 is 15.7 Å². The number of aryl methyl sites for hydroxylation is 2. The third kappa shape index (κ3) is 2.77. The monoisotopic (exact) mass is 295 g/mol. The highest BCUT2D eigenvalue weighted by Gasteiger charge is 2.21. The molecule has 1 N–H and O–H groups in total. The van der Waals surface area contributed by atoms with E-state index in [9.17, 15) is 8.42 Å². The van der Waals surface area contributed by atoms with E-state index >= 15 is 0 Å². The molecule has 7 heteroatoms. The third-order valence-electron chi connectivity index (χ3n) is 2.87. The lowest BCUT2D eigenvalue weighted by molar-refractivity contribution is 0.417. The van der Waals surface area contributed by atoms with Gasteiger partial charge in [-0.05, 0) is 26.0 Å². The van der Waals surface area contributed by atoms with Gasteiger partial charge in [-0.3, -0.25) is 9.40 Å². The highest BCUT2D eigenvalue weighted by molar-refractivity contribution is 7.92. The molecule has 20 heavy (non-hydrogen) atoms. The molecule has 1 aromatic carbocycles. The van der Waals surface area contributed by atoms with Crippen LogP contribution in [-0.4, -0.2) is 25.3 Å². The average molecular weight is 295 g/mol. The number of hydrogen-bond acceptors (Lipinski definition) is 4. The number of methoxy groups -OCH3 is 1. The summed E-state index contributed by atoms with van der Waals surface area (Å²) in [7, 11) is -2.19.